The molecule has 24 heavy (non-hydrogen) atoms. The number of ketones is 1. The van der Waals surface area contributed by atoms with Crippen LogP contribution in [-0.2, 0) is 33.3 Å². The number of carbonyl (C=O) groups excluding carboxylic acids is 2. The van der Waals surface area contributed by atoms with Gasteiger partial charge in [-0.2, -0.15) is 0 Å². The van der Waals surface area contributed by atoms with E-state index in [1.165, 1.54) is 0 Å². The van der Waals surface area contributed by atoms with Gasteiger partial charge in [-0.05, 0) is 48.5 Å². The van der Waals surface area contributed by atoms with Crippen LogP contribution < -0.4 is 0 Å². The van der Waals surface area contributed by atoms with Gasteiger partial charge in [-0.3, -0.25) is 9.59 Å². The molecule has 2 fully saturated rings. The first-order chi connectivity index (χ1) is 10.8. The Kier molecular flexibility index (Phi) is 5.12. The molecule has 2 aliphatic rings. The number of carbonyl (C=O) groups is 2. The highest BCUT2D eigenvalue weighted by Gasteiger charge is 2.48. The van der Waals surface area contributed by atoms with Gasteiger partial charge in [-0.1, -0.05) is 0 Å². The highest BCUT2D eigenvalue weighted by Crippen LogP contribution is 2.30. The standard InChI is InChI=1S/C17H28O7/c1-15(2,3)14(19)22-13(11-9-21-17(6,7)24-11)12(18)10-8-20-16(4,5)23-10/h10-11,13H,8-9H2,1-7H3/t10-,11-,13-/m1/s1. The molecular formula is C17H28O7. The molecule has 7 nitrogen and oxygen atoms in total. The summed E-state index contributed by atoms with van der Waals surface area (Å²) in [5.74, 6) is -2.52. The van der Waals surface area contributed by atoms with Crippen molar-refractivity contribution in [2.45, 2.75) is 78.4 Å². The average molecular weight is 344 g/mol. The van der Waals surface area contributed by atoms with E-state index in [4.69, 9.17) is 23.7 Å². The molecule has 0 aromatic heterocycles. The third-order valence-electron chi connectivity index (χ3n) is 3.82. The quantitative estimate of drug-likeness (QED) is 0.720. The summed E-state index contributed by atoms with van der Waals surface area (Å²) in [6.45, 7) is 12.4. The van der Waals surface area contributed by atoms with Crippen molar-refractivity contribution in [3.63, 3.8) is 0 Å². The van der Waals surface area contributed by atoms with E-state index >= 15 is 0 Å². The van der Waals surface area contributed by atoms with Gasteiger partial charge in [-0.15, -0.1) is 0 Å². The summed E-state index contributed by atoms with van der Waals surface area (Å²) >= 11 is 0. The van der Waals surface area contributed by atoms with Gasteiger partial charge in [0.2, 0.25) is 5.78 Å². The van der Waals surface area contributed by atoms with Crippen molar-refractivity contribution in [3.05, 3.63) is 0 Å². The highest BCUT2D eigenvalue weighted by molar-refractivity contribution is 5.91. The fourth-order valence-electron chi connectivity index (χ4n) is 2.48. The summed E-state index contributed by atoms with van der Waals surface area (Å²) in [4.78, 5) is 25.2. The Bertz CT molecular complexity index is 504. The Hall–Kier alpha value is -1.02. The summed E-state index contributed by atoms with van der Waals surface area (Å²) in [7, 11) is 0. The summed E-state index contributed by atoms with van der Waals surface area (Å²) in [5.41, 5.74) is -0.736. The van der Waals surface area contributed by atoms with Crippen LogP contribution in [0.1, 0.15) is 48.5 Å². The Labute approximate surface area is 142 Å². The Morgan fingerprint density at radius 3 is 1.96 bits per heavy atom. The minimum absolute atomic E-state index is 0.117. The average Bonchev–Trinajstić information content (AvgIpc) is 2.96. The molecule has 138 valence electrons. The zero-order chi connectivity index (χ0) is 18.3. The van der Waals surface area contributed by atoms with Crippen LogP contribution in [0.3, 0.4) is 0 Å². The van der Waals surface area contributed by atoms with Crippen LogP contribution in [0, 0.1) is 5.41 Å². The predicted octanol–water partition coefficient (Wildman–Crippen LogP) is 1.82. The Morgan fingerprint density at radius 1 is 1.00 bits per heavy atom. The van der Waals surface area contributed by atoms with Gasteiger partial charge in [0.1, 0.15) is 12.2 Å². The molecular weight excluding hydrogens is 316 g/mol. The van der Waals surface area contributed by atoms with E-state index in [2.05, 4.69) is 0 Å². The summed E-state index contributed by atoms with van der Waals surface area (Å²) in [6.07, 6.45) is -2.57. The smallest absolute Gasteiger partial charge is 0.312 e. The van der Waals surface area contributed by atoms with Crippen LogP contribution in [0.25, 0.3) is 0 Å². The van der Waals surface area contributed by atoms with Crippen LogP contribution in [0.5, 0.6) is 0 Å². The molecule has 0 amide bonds. The SMILES string of the molecule is CC1(C)OC[C@H](C(=O)[C@H](OC(=O)C(C)(C)C)[C@H]2COC(C)(C)O2)O1. The fraction of sp³-hybridized carbons (Fsp3) is 0.882. The number of hydrogen-bond acceptors (Lipinski definition) is 7. The molecule has 0 radical (unpaired) electrons. The number of ether oxygens (including phenoxy) is 5. The Balaban J connectivity index is 2.16. The van der Waals surface area contributed by atoms with Crippen LogP contribution in [-0.4, -0.2) is 54.9 Å². The molecule has 2 heterocycles. The molecule has 0 aliphatic carbocycles. The van der Waals surface area contributed by atoms with E-state index in [1.807, 2.05) is 0 Å². The predicted molar refractivity (Wildman–Crippen MR) is 84.2 cm³/mol. The first kappa shape index (κ1) is 19.3. The van der Waals surface area contributed by atoms with Gasteiger partial charge >= 0.3 is 5.97 Å². The minimum Gasteiger partial charge on any atom is -0.451 e. The number of rotatable bonds is 4. The molecule has 2 rings (SSSR count). The molecule has 0 bridgehead atoms. The zero-order valence-corrected chi connectivity index (χ0v) is 15.5. The van der Waals surface area contributed by atoms with Gasteiger partial charge in [0.15, 0.2) is 17.7 Å². The molecule has 0 saturated carbocycles. The molecule has 2 aliphatic heterocycles. The van der Waals surface area contributed by atoms with Gasteiger partial charge < -0.3 is 23.7 Å². The van der Waals surface area contributed by atoms with Crippen LogP contribution >= 0.6 is 0 Å². The lowest BCUT2D eigenvalue weighted by molar-refractivity contribution is -0.186. The first-order valence-electron chi connectivity index (χ1n) is 8.19. The molecule has 0 aromatic rings. The summed E-state index contributed by atoms with van der Waals surface area (Å²) < 4.78 is 27.8. The van der Waals surface area contributed by atoms with Crippen molar-refractivity contribution >= 4 is 11.8 Å². The molecule has 7 heteroatoms. The Morgan fingerprint density at radius 2 is 1.54 bits per heavy atom. The lowest BCUT2D eigenvalue weighted by Gasteiger charge is -2.28. The van der Waals surface area contributed by atoms with Crippen LogP contribution in [0.4, 0.5) is 0 Å². The lowest BCUT2D eigenvalue weighted by atomic mass is 9.96. The number of esters is 1. The second-order valence-corrected chi connectivity index (χ2v) is 8.16. The molecule has 3 atom stereocenters. The second-order valence-electron chi connectivity index (χ2n) is 8.16. The first-order valence-corrected chi connectivity index (χ1v) is 8.19. The third kappa shape index (κ3) is 4.53. The molecule has 0 spiro atoms. The number of hydrogen-bond donors (Lipinski definition) is 0. The van der Waals surface area contributed by atoms with E-state index in [1.54, 1.807) is 48.5 Å². The fourth-order valence-corrected chi connectivity index (χ4v) is 2.48. The highest BCUT2D eigenvalue weighted by atomic mass is 16.8. The zero-order valence-electron chi connectivity index (χ0n) is 15.5. The maximum Gasteiger partial charge on any atom is 0.312 e. The van der Waals surface area contributed by atoms with E-state index < -0.39 is 41.3 Å². The van der Waals surface area contributed by atoms with Crippen molar-refractivity contribution in [2.75, 3.05) is 13.2 Å². The van der Waals surface area contributed by atoms with Crippen molar-refractivity contribution in [1.29, 1.82) is 0 Å². The van der Waals surface area contributed by atoms with Crippen LogP contribution in [0.2, 0.25) is 0 Å². The van der Waals surface area contributed by atoms with E-state index in [-0.39, 0.29) is 19.0 Å². The second kappa shape index (κ2) is 6.37. The maximum absolute atomic E-state index is 12.9. The van der Waals surface area contributed by atoms with Crippen molar-refractivity contribution in [2.24, 2.45) is 5.41 Å². The van der Waals surface area contributed by atoms with Crippen molar-refractivity contribution in [1.82, 2.24) is 0 Å². The van der Waals surface area contributed by atoms with E-state index in [0.29, 0.717) is 0 Å². The van der Waals surface area contributed by atoms with Crippen molar-refractivity contribution in [3.8, 4) is 0 Å². The summed E-state index contributed by atoms with van der Waals surface area (Å²) in [5, 5.41) is 0. The van der Waals surface area contributed by atoms with Gasteiger partial charge in [0, 0.05) is 0 Å². The largest absolute Gasteiger partial charge is 0.451 e. The molecule has 2 saturated heterocycles. The van der Waals surface area contributed by atoms with E-state index in [0.717, 1.165) is 0 Å². The van der Waals surface area contributed by atoms with Gasteiger partial charge in [-0.25, -0.2) is 0 Å². The molecule has 0 N–H and O–H groups in total. The van der Waals surface area contributed by atoms with Crippen molar-refractivity contribution < 1.29 is 33.3 Å². The lowest BCUT2D eigenvalue weighted by Crippen LogP contribution is -2.47. The summed E-state index contributed by atoms with van der Waals surface area (Å²) in [6, 6.07) is 0. The maximum atomic E-state index is 12.9. The van der Waals surface area contributed by atoms with Gasteiger partial charge in [0.25, 0.3) is 0 Å². The van der Waals surface area contributed by atoms with E-state index in [9.17, 15) is 9.59 Å². The minimum atomic E-state index is -1.10. The van der Waals surface area contributed by atoms with Crippen LogP contribution in [0.15, 0.2) is 0 Å². The third-order valence-corrected chi connectivity index (χ3v) is 3.82. The molecule has 0 aromatic carbocycles. The monoisotopic (exact) mass is 344 g/mol. The topological polar surface area (TPSA) is 80.3 Å². The van der Waals surface area contributed by atoms with Gasteiger partial charge in [0.05, 0.1) is 18.6 Å². The normalized spacial score (nSPS) is 30.1. The number of Topliss-reactive ketones (excluding diaryl/α,β-unsaturated/α-hetero) is 1. The molecule has 0 unspecified atom stereocenters.